The van der Waals surface area contributed by atoms with Gasteiger partial charge in [0.2, 0.25) is 0 Å². The molecule has 0 unspecified atom stereocenters. The van der Waals surface area contributed by atoms with Crippen LogP contribution in [0.4, 0.5) is 0 Å². The van der Waals surface area contributed by atoms with Gasteiger partial charge in [-0.3, -0.25) is 0 Å². The van der Waals surface area contributed by atoms with E-state index in [4.69, 9.17) is 0 Å². The average molecular weight is 297 g/mol. The first-order valence-electron chi connectivity index (χ1n) is 9.62. The van der Waals surface area contributed by atoms with Gasteiger partial charge in [0.1, 0.15) is 0 Å². The number of hydrogen-bond donors (Lipinski definition) is 0. The van der Waals surface area contributed by atoms with E-state index in [2.05, 4.69) is 30.8 Å². The Morgan fingerprint density at radius 1 is 0.762 bits per heavy atom. The van der Waals surface area contributed by atoms with Crippen LogP contribution in [0.2, 0.25) is 0 Å². The van der Waals surface area contributed by atoms with E-state index in [1.807, 2.05) is 0 Å². The molecule has 0 aromatic rings. The third-order valence-corrected chi connectivity index (χ3v) is 5.12. The van der Waals surface area contributed by atoms with Gasteiger partial charge in [-0.25, -0.2) is 0 Å². The second kappa shape index (κ2) is 12.5. The summed E-state index contributed by atoms with van der Waals surface area (Å²) in [6.07, 6.45) is 17.2. The minimum atomic E-state index is 0.828. The van der Waals surface area contributed by atoms with Crippen molar-refractivity contribution in [1.29, 1.82) is 0 Å². The van der Waals surface area contributed by atoms with Gasteiger partial charge in [-0.15, -0.1) is 0 Å². The first kappa shape index (κ1) is 19.0. The third-order valence-electron chi connectivity index (χ3n) is 5.12. The molecule has 1 saturated heterocycles. The molecule has 1 heterocycles. The third kappa shape index (κ3) is 9.52. The highest BCUT2D eigenvalue weighted by atomic mass is 15.2. The molecular formula is C19H40N2. The van der Waals surface area contributed by atoms with Crippen LogP contribution in [0.5, 0.6) is 0 Å². The van der Waals surface area contributed by atoms with Crippen LogP contribution in [0.15, 0.2) is 0 Å². The molecule has 2 heteroatoms. The largest absolute Gasteiger partial charge is 0.306 e. The molecule has 0 aromatic heterocycles. The lowest BCUT2D eigenvalue weighted by molar-refractivity contribution is 0.143. The monoisotopic (exact) mass is 296 g/mol. The fourth-order valence-electron chi connectivity index (χ4n) is 3.48. The Balaban J connectivity index is 1.83. The molecule has 21 heavy (non-hydrogen) atoms. The number of piperidine rings is 1. The van der Waals surface area contributed by atoms with Crippen LogP contribution in [0.1, 0.15) is 84.0 Å². The normalized spacial score (nSPS) is 17.7. The van der Waals surface area contributed by atoms with Gasteiger partial charge >= 0.3 is 0 Å². The van der Waals surface area contributed by atoms with Crippen molar-refractivity contribution in [3.05, 3.63) is 0 Å². The number of likely N-dealkylation sites (tertiary alicyclic amines) is 1. The van der Waals surface area contributed by atoms with Crippen LogP contribution >= 0.6 is 0 Å². The number of unbranched alkanes of at least 4 members (excludes halogenated alkanes) is 9. The predicted molar refractivity (Wildman–Crippen MR) is 95.0 cm³/mol. The van der Waals surface area contributed by atoms with Crippen LogP contribution in [0.25, 0.3) is 0 Å². The maximum absolute atomic E-state index is 2.69. The van der Waals surface area contributed by atoms with E-state index >= 15 is 0 Å². The van der Waals surface area contributed by atoms with Gasteiger partial charge in [0.25, 0.3) is 0 Å². The van der Waals surface area contributed by atoms with E-state index in [0.717, 1.165) is 6.04 Å². The Hall–Kier alpha value is -0.0800. The molecule has 0 amide bonds. The summed E-state index contributed by atoms with van der Waals surface area (Å²) in [6.45, 7) is 6.28. The van der Waals surface area contributed by atoms with Crippen LogP contribution in [0, 0.1) is 0 Å². The molecule has 0 spiro atoms. The zero-order chi connectivity index (χ0) is 15.3. The summed E-state index contributed by atoms with van der Waals surface area (Å²) in [7, 11) is 4.45. The zero-order valence-electron chi connectivity index (χ0n) is 15.1. The molecule has 0 aromatic carbocycles. The lowest BCUT2D eigenvalue weighted by atomic mass is 10.0. The highest BCUT2D eigenvalue weighted by Crippen LogP contribution is 2.15. The van der Waals surface area contributed by atoms with Crippen molar-refractivity contribution < 1.29 is 0 Å². The topological polar surface area (TPSA) is 6.48 Å². The van der Waals surface area contributed by atoms with Gasteiger partial charge in [-0.05, 0) is 53.0 Å². The molecular weight excluding hydrogens is 256 g/mol. The smallest absolute Gasteiger partial charge is 0.0113 e. The van der Waals surface area contributed by atoms with Crippen LogP contribution < -0.4 is 0 Å². The van der Waals surface area contributed by atoms with E-state index in [1.54, 1.807) is 0 Å². The van der Waals surface area contributed by atoms with Crippen LogP contribution in [0.3, 0.4) is 0 Å². The lowest BCUT2D eigenvalue weighted by Gasteiger charge is -2.35. The van der Waals surface area contributed by atoms with Crippen molar-refractivity contribution in [2.45, 2.75) is 90.0 Å². The first-order valence-corrected chi connectivity index (χ1v) is 9.62. The molecule has 0 aliphatic carbocycles. The Labute approximate surface area is 134 Å². The van der Waals surface area contributed by atoms with Crippen molar-refractivity contribution in [2.75, 3.05) is 33.7 Å². The van der Waals surface area contributed by atoms with Gasteiger partial charge in [-0.2, -0.15) is 0 Å². The summed E-state index contributed by atoms with van der Waals surface area (Å²) >= 11 is 0. The van der Waals surface area contributed by atoms with E-state index in [0.29, 0.717) is 0 Å². The number of nitrogens with zero attached hydrogens (tertiary/aromatic N) is 2. The second-order valence-corrected chi connectivity index (χ2v) is 7.22. The maximum atomic E-state index is 2.69. The zero-order valence-corrected chi connectivity index (χ0v) is 15.1. The SMILES string of the molecule is CCCCCCCCCCCCN1CCC(N(C)C)CC1. The van der Waals surface area contributed by atoms with Crippen molar-refractivity contribution in [2.24, 2.45) is 0 Å². The molecule has 1 aliphatic heterocycles. The summed E-state index contributed by atoms with van der Waals surface area (Å²) in [6, 6.07) is 0.828. The van der Waals surface area contributed by atoms with Gasteiger partial charge < -0.3 is 9.80 Å². The Morgan fingerprint density at radius 3 is 1.71 bits per heavy atom. The van der Waals surface area contributed by atoms with Crippen molar-refractivity contribution >= 4 is 0 Å². The minimum Gasteiger partial charge on any atom is -0.306 e. The van der Waals surface area contributed by atoms with E-state index in [1.165, 1.54) is 96.7 Å². The molecule has 0 saturated carbocycles. The molecule has 0 atom stereocenters. The predicted octanol–water partition coefficient (Wildman–Crippen LogP) is 4.93. The molecule has 0 N–H and O–H groups in total. The van der Waals surface area contributed by atoms with Gasteiger partial charge in [0.15, 0.2) is 0 Å². The molecule has 0 bridgehead atoms. The van der Waals surface area contributed by atoms with Crippen LogP contribution in [-0.2, 0) is 0 Å². The van der Waals surface area contributed by atoms with E-state index < -0.39 is 0 Å². The summed E-state index contributed by atoms with van der Waals surface area (Å²) in [5, 5.41) is 0. The fraction of sp³-hybridized carbons (Fsp3) is 1.00. The number of rotatable bonds is 12. The van der Waals surface area contributed by atoms with Crippen molar-refractivity contribution in [1.82, 2.24) is 9.80 Å². The van der Waals surface area contributed by atoms with Crippen molar-refractivity contribution in [3.8, 4) is 0 Å². The molecule has 1 rings (SSSR count). The highest BCUT2D eigenvalue weighted by molar-refractivity contribution is 4.76. The van der Waals surface area contributed by atoms with Crippen LogP contribution in [-0.4, -0.2) is 49.6 Å². The maximum Gasteiger partial charge on any atom is 0.0113 e. The lowest BCUT2D eigenvalue weighted by Crippen LogP contribution is -2.42. The van der Waals surface area contributed by atoms with Gasteiger partial charge in [-0.1, -0.05) is 64.7 Å². The summed E-state index contributed by atoms with van der Waals surface area (Å²) in [4.78, 5) is 5.09. The molecule has 0 radical (unpaired) electrons. The van der Waals surface area contributed by atoms with Gasteiger partial charge in [0, 0.05) is 6.04 Å². The fourth-order valence-corrected chi connectivity index (χ4v) is 3.48. The average Bonchev–Trinajstić information content (AvgIpc) is 2.49. The molecule has 1 aliphatic rings. The second-order valence-electron chi connectivity index (χ2n) is 7.22. The van der Waals surface area contributed by atoms with E-state index in [9.17, 15) is 0 Å². The molecule has 126 valence electrons. The van der Waals surface area contributed by atoms with Gasteiger partial charge in [0.05, 0.1) is 0 Å². The standard InChI is InChI=1S/C19H40N2/c1-4-5-6-7-8-9-10-11-12-13-16-21-17-14-19(15-18-21)20(2)3/h19H,4-18H2,1-3H3. The summed E-state index contributed by atoms with van der Waals surface area (Å²) in [5.41, 5.74) is 0. The minimum absolute atomic E-state index is 0.828. The summed E-state index contributed by atoms with van der Waals surface area (Å²) in [5.74, 6) is 0. The van der Waals surface area contributed by atoms with Crippen molar-refractivity contribution in [3.63, 3.8) is 0 Å². The Bertz CT molecular complexity index is 220. The van der Waals surface area contributed by atoms with E-state index in [-0.39, 0.29) is 0 Å². The Morgan fingerprint density at radius 2 is 1.24 bits per heavy atom. The number of hydrogen-bond acceptors (Lipinski definition) is 2. The quantitative estimate of drug-likeness (QED) is 0.471. The molecule has 1 fully saturated rings. The Kier molecular flexibility index (Phi) is 11.3. The first-order chi connectivity index (χ1) is 10.2. The summed E-state index contributed by atoms with van der Waals surface area (Å²) < 4.78 is 0. The molecule has 2 nitrogen and oxygen atoms in total. The highest BCUT2D eigenvalue weighted by Gasteiger charge is 2.19.